The summed E-state index contributed by atoms with van der Waals surface area (Å²) < 4.78 is 1.88. The van der Waals surface area contributed by atoms with E-state index in [9.17, 15) is 0 Å². The molecule has 0 aliphatic carbocycles. The Kier molecular flexibility index (Phi) is 3.01. The summed E-state index contributed by atoms with van der Waals surface area (Å²) in [6.45, 7) is 2.02. The molecule has 84 valence electrons. The van der Waals surface area contributed by atoms with Crippen LogP contribution < -0.4 is 5.32 Å². The van der Waals surface area contributed by atoms with Gasteiger partial charge < -0.3 is 5.32 Å². The third kappa shape index (κ3) is 1.84. The molecule has 0 saturated carbocycles. The van der Waals surface area contributed by atoms with Crippen molar-refractivity contribution in [2.45, 2.75) is 13.0 Å². The second-order valence-electron chi connectivity index (χ2n) is 3.78. The number of nitrogens with zero attached hydrogens (tertiary/aromatic N) is 3. The molecular formula is C12H16N4. The molecule has 4 heteroatoms. The van der Waals surface area contributed by atoms with E-state index < -0.39 is 0 Å². The molecule has 2 rings (SSSR count). The van der Waals surface area contributed by atoms with Crippen LogP contribution in [0.1, 0.15) is 23.0 Å². The first-order valence-electron chi connectivity index (χ1n) is 5.30. The number of aromatic nitrogens is 3. The Morgan fingerprint density at radius 1 is 1.31 bits per heavy atom. The molecular weight excluding hydrogens is 200 g/mol. The monoisotopic (exact) mass is 216 g/mol. The molecule has 4 nitrogen and oxygen atoms in total. The van der Waals surface area contributed by atoms with Gasteiger partial charge in [0.1, 0.15) is 0 Å². The van der Waals surface area contributed by atoms with Crippen molar-refractivity contribution < 1.29 is 0 Å². The van der Waals surface area contributed by atoms with E-state index in [0.717, 1.165) is 11.4 Å². The van der Waals surface area contributed by atoms with Crippen LogP contribution in [0.5, 0.6) is 0 Å². The molecule has 0 amide bonds. The van der Waals surface area contributed by atoms with Gasteiger partial charge in [0.15, 0.2) is 0 Å². The Morgan fingerprint density at radius 3 is 2.69 bits per heavy atom. The number of hydrogen-bond donors (Lipinski definition) is 1. The molecule has 0 fully saturated rings. The topological polar surface area (TPSA) is 42.7 Å². The molecule has 0 spiro atoms. The van der Waals surface area contributed by atoms with Gasteiger partial charge in [-0.25, -0.2) is 0 Å². The fraction of sp³-hybridized carbons (Fsp3) is 0.333. The predicted octanol–water partition coefficient (Wildman–Crippen LogP) is 1.43. The van der Waals surface area contributed by atoms with Gasteiger partial charge in [-0.05, 0) is 31.7 Å². The molecule has 2 heterocycles. The Morgan fingerprint density at radius 2 is 2.12 bits per heavy atom. The van der Waals surface area contributed by atoms with Crippen molar-refractivity contribution >= 4 is 0 Å². The van der Waals surface area contributed by atoms with E-state index in [0.29, 0.717) is 0 Å². The number of pyridine rings is 1. The summed E-state index contributed by atoms with van der Waals surface area (Å²) in [6.07, 6.45) is 3.63. The van der Waals surface area contributed by atoms with Crippen LogP contribution in [0.4, 0.5) is 0 Å². The van der Waals surface area contributed by atoms with E-state index in [-0.39, 0.29) is 6.04 Å². The van der Waals surface area contributed by atoms with Gasteiger partial charge in [-0.1, -0.05) is 6.07 Å². The van der Waals surface area contributed by atoms with Gasteiger partial charge in [-0.15, -0.1) is 0 Å². The van der Waals surface area contributed by atoms with Crippen LogP contribution in [0.25, 0.3) is 0 Å². The molecule has 1 N–H and O–H groups in total. The highest BCUT2D eigenvalue weighted by atomic mass is 15.3. The van der Waals surface area contributed by atoms with Crippen LogP contribution in [0.3, 0.4) is 0 Å². The average Bonchev–Trinajstić information content (AvgIpc) is 2.69. The van der Waals surface area contributed by atoms with Gasteiger partial charge in [-0.2, -0.15) is 5.10 Å². The van der Waals surface area contributed by atoms with Gasteiger partial charge in [0.2, 0.25) is 0 Å². The van der Waals surface area contributed by atoms with E-state index in [4.69, 9.17) is 0 Å². The first kappa shape index (κ1) is 10.8. The lowest BCUT2D eigenvalue weighted by atomic mass is 10.0. The summed E-state index contributed by atoms with van der Waals surface area (Å²) in [6, 6.07) is 6.22. The van der Waals surface area contributed by atoms with Crippen molar-refractivity contribution in [1.29, 1.82) is 0 Å². The summed E-state index contributed by atoms with van der Waals surface area (Å²) in [4.78, 5) is 4.32. The summed E-state index contributed by atoms with van der Waals surface area (Å²) in [5, 5.41) is 7.50. The zero-order valence-electron chi connectivity index (χ0n) is 9.81. The summed E-state index contributed by atoms with van der Waals surface area (Å²) >= 11 is 0. The Bertz CT molecular complexity index is 475. The molecule has 0 saturated heterocycles. The largest absolute Gasteiger partial charge is 0.308 e. The molecule has 0 aromatic carbocycles. The Labute approximate surface area is 95.3 Å². The van der Waals surface area contributed by atoms with Crippen LogP contribution in [0, 0.1) is 6.92 Å². The number of rotatable bonds is 3. The average molecular weight is 216 g/mol. The van der Waals surface area contributed by atoms with Crippen LogP contribution in [-0.4, -0.2) is 21.8 Å². The minimum atomic E-state index is 0.140. The summed E-state index contributed by atoms with van der Waals surface area (Å²) in [5.74, 6) is 0. The zero-order valence-corrected chi connectivity index (χ0v) is 9.81. The third-order valence-corrected chi connectivity index (χ3v) is 2.80. The summed E-state index contributed by atoms with van der Waals surface area (Å²) in [5.41, 5.74) is 3.37. The van der Waals surface area contributed by atoms with E-state index >= 15 is 0 Å². The highest BCUT2D eigenvalue weighted by Gasteiger charge is 2.17. The lowest BCUT2D eigenvalue weighted by molar-refractivity contribution is 0.601. The SMILES string of the molecule is CNC(c1cccnc1C)c1ccnn1C. The zero-order chi connectivity index (χ0) is 11.5. The van der Waals surface area contributed by atoms with Crippen molar-refractivity contribution in [2.75, 3.05) is 7.05 Å². The third-order valence-electron chi connectivity index (χ3n) is 2.80. The van der Waals surface area contributed by atoms with Gasteiger partial charge >= 0.3 is 0 Å². The van der Waals surface area contributed by atoms with Crippen molar-refractivity contribution in [3.05, 3.63) is 47.5 Å². The second kappa shape index (κ2) is 4.45. The fourth-order valence-corrected chi connectivity index (χ4v) is 1.93. The Hall–Kier alpha value is -1.68. The van der Waals surface area contributed by atoms with Crippen molar-refractivity contribution in [3.63, 3.8) is 0 Å². The van der Waals surface area contributed by atoms with Crippen molar-refractivity contribution in [1.82, 2.24) is 20.1 Å². The lowest BCUT2D eigenvalue weighted by Crippen LogP contribution is -2.21. The van der Waals surface area contributed by atoms with Gasteiger partial charge in [0, 0.05) is 25.1 Å². The molecule has 0 aliphatic heterocycles. The maximum Gasteiger partial charge on any atom is 0.0763 e. The van der Waals surface area contributed by atoms with Gasteiger partial charge in [0.05, 0.1) is 11.7 Å². The van der Waals surface area contributed by atoms with Gasteiger partial charge in [-0.3, -0.25) is 9.67 Å². The molecule has 2 aromatic rings. The number of aryl methyl sites for hydroxylation is 2. The van der Waals surface area contributed by atoms with E-state index in [1.807, 2.05) is 50.2 Å². The summed E-state index contributed by atoms with van der Waals surface area (Å²) in [7, 11) is 3.90. The molecule has 0 radical (unpaired) electrons. The lowest BCUT2D eigenvalue weighted by Gasteiger charge is -2.18. The van der Waals surface area contributed by atoms with Crippen molar-refractivity contribution in [2.24, 2.45) is 7.05 Å². The van der Waals surface area contributed by atoms with Crippen molar-refractivity contribution in [3.8, 4) is 0 Å². The van der Waals surface area contributed by atoms with E-state index in [1.54, 1.807) is 0 Å². The predicted molar refractivity (Wildman–Crippen MR) is 63.1 cm³/mol. The number of nitrogens with one attached hydrogen (secondary N) is 1. The molecule has 1 atom stereocenters. The highest BCUT2D eigenvalue weighted by molar-refractivity contribution is 5.29. The second-order valence-corrected chi connectivity index (χ2v) is 3.78. The standard InChI is InChI=1S/C12H16N4/c1-9-10(5-4-7-14-9)12(13-2)11-6-8-15-16(11)3/h4-8,12-13H,1-3H3. The molecule has 16 heavy (non-hydrogen) atoms. The first-order chi connectivity index (χ1) is 7.74. The smallest absolute Gasteiger partial charge is 0.0763 e. The van der Waals surface area contributed by atoms with E-state index in [1.165, 1.54) is 5.56 Å². The van der Waals surface area contributed by atoms with Crippen LogP contribution in [-0.2, 0) is 7.05 Å². The van der Waals surface area contributed by atoms with Crippen LogP contribution in [0.15, 0.2) is 30.6 Å². The fourth-order valence-electron chi connectivity index (χ4n) is 1.93. The van der Waals surface area contributed by atoms with E-state index in [2.05, 4.69) is 21.5 Å². The minimum absolute atomic E-state index is 0.140. The minimum Gasteiger partial charge on any atom is -0.308 e. The maximum atomic E-state index is 4.32. The molecule has 1 unspecified atom stereocenters. The maximum absolute atomic E-state index is 4.32. The molecule has 2 aromatic heterocycles. The van der Waals surface area contributed by atoms with Crippen LogP contribution >= 0.6 is 0 Å². The molecule has 0 aliphatic rings. The highest BCUT2D eigenvalue weighted by Crippen LogP contribution is 2.22. The first-order valence-corrected chi connectivity index (χ1v) is 5.30. The number of hydrogen-bond acceptors (Lipinski definition) is 3. The van der Waals surface area contributed by atoms with Gasteiger partial charge in [0.25, 0.3) is 0 Å². The molecule has 0 bridgehead atoms. The Balaban J connectivity index is 2.45. The van der Waals surface area contributed by atoms with Crippen LogP contribution in [0.2, 0.25) is 0 Å². The quantitative estimate of drug-likeness (QED) is 0.844. The normalized spacial score (nSPS) is 12.7.